The van der Waals surface area contributed by atoms with Crippen LogP contribution in [0.5, 0.6) is 0 Å². The minimum atomic E-state index is -0.197. The summed E-state index contributed by atoms with van der Waals surface area (Å²) in [6.45, 7) is 2.58. The Kier molecular flexibility index (Phi) is 3.54. The zero-order chi connectivity index (χ0) is 14.1. The van der Waals surface area contributed by atoms with Gasteiger partial charge in [-0.05, 0) is 25.0 Å². The maximum atomic E-state index is 13.6. The van der Waals surface area contributed by atoms with E-state index in [2.05, 4.69) is 15.3 Å². The van der Waals surface area contributed by atoms with E-state index in [-0.39, 0.29) is 18.0 Å². The smallest absolute Gasteiger partial charge is 0.126 e. The summed E-state index contributed by atoms with van der Waals surface area (Å²) in [7, 11) is 1.72. The van der Waals surface area contributed by atoms with Crippen LogP contribution < -0.4 is 5.32 Å². The minimum Gasteiger partial charge on any atom is -0.380 e. The number of aromatic amines is 1. The van der Waals surface area contributed by atoms with Gasteiger partial charge in [-0.2, -0.15) is 0 Å². The van der Waals surface area contributed by atoms with E-state index in [9.17, 15) is 4.39 Å². The van der Waals surface area contributed by atoms with Crippen molar-refractivity contribution >= 4 is 0 Å². The van der Waals surface area contributed by atoms with Crippen molar-refractivity contribution in [2.75, 3.05) is 13.7 Å². The molecule has 0 amide bonds. The highest BCUT2D eigenvalue weighted by atomic mass is 19.1. The van der Waals surface area contributed by atoms with E-state index in [0.29, 0.717) is 5.56 Å². The van der Waals surface area contributed by atoms with Gasteiger partial charge in [0.15, 0.2) is 0 Å². The van der Waals surface area contributed by atoms with Gasteiger partial charge in [0.25, 0.3) is 0 Å². The molecule has 2 N–H and O–H groups in total. The number of halogens is 1. The third kappa shape index (κ3) is 2.46. The molecule has 2 atom stereocenters. The van der Waals surface area contributed by atoms with Crippen molar-refractivity contribution in [3.8, 4) is 11.3 Å². The number of rotatable bonds is 3. The molecule has 2 unspecified atom stereocenters. The Morgan fingerprint density at radius 1 is 1.40 bits per heavy atom. The molecule has 0 spiro atoms. The fourth-order valence-corrected chi connectivity index (χ4v) is 2.51. The average molecular weight is 275 g/mol. The number of aromatic nitrogens is 2. The Morgan fingerprint density at radius 3 is 2.95 bits per heavy atom. The van der Waals surface area contributed by atoms with E-state index in [4.69, 9.17) is 4.74 Å². The zero-order valence-electron chi connectivity index (χ0n) is 11.6. The number of imidazole rings is 1. The van der Waals surface area contributed by atoms with Gasteiger partial charge in [0.2, 0.25) is 0 Å². The molecule has 2 aromatic rings. The van der Waals surface area contributed by atoms with Crippen LogP contribution >= 0.6 is 0 Å². The van der Waals surface area contributed by atoms with Crippen LogP contribution in [0.3, 0.4) is 0 Å². The predicted molar refractivity (Wildman–Crippen MR) is 74.9 cm³/mol. The van der Waals surface area contributed by atoms with E-state index < -0.39 is 0 Å². The van der Waals surface area contributed by atoms with Gasteiger partial charge in [0, 0.05) is 19.2 Å². The maximum Gasteiger partial charge on any atom is 0.126 e. The second-order valence-corrected chi connectivity index (χ2v) is 5.20. The topological polar surface area (TPSA) is 49.9 Å². The molecule has 3 rings (SSSR count). The van der Waals surface area contributed by atoms with Gasteiger partial charge in [0.1, 0.15) is 11.6 Å². The summed E-state index contributed by atoms with van der Waals surface area (Å²) in [5.74, 6) is 0.678. The third-order valence-corrected chi connectivity index (χ3v) is 3.83. The van der Waals surface area contributed by atoms with Crippen LogP contribution in [0, 0.1) is 12.7 Å². The molecule has 1 aliphatic rings. The molecular formula is C15H18FN3O. The first-order valence-corrected chi connectivity index (χ1v) is 6.75. The number of nitrogens with one attached hydrogen (secondary N) is 2. The zero-order valence-corrected chi connectivity index (χ0v) is 11.6. The molecule has 0 bridgehead atoms. The van der Waals surface area contributed by atoms with Crippen LogP contribution in [0.1, 0.15) is 23.9 Å². The summed E-state index contributed by atoms with van der Waals surface area (Å²) in [4.78, 5) is 7.67. The van der Waals surface area contributed by atoms with Gasteiger partial charge >= 0.3 is 0 Å². The van der Waals surface area contributed by atoms with Crippen LogP contribution in [-0.2, 0) is 4.74 Å². The molecule has 1 saturated heterocycles. The van der Waals surface area contributed by atoms with Crippen molar-refractivity contribution < 1.29 is 9.13 Å². The van der Waals surface area contributed by atoms with Gasteiger partial charge in [-0.25, -0.2) is 9.37 Å². The number of aryl methyl sites for hydroxylation is 1. The van der Waals surface area contributed by atoms with Gasteiger partial charge in [-0.3, -0.25) is 0 Å². The quantitative estimate of drug-likeness (QED) is 0.905. The molecule has 5 heteroatoms. The number of hydrogen-bond acceptors (Lipinski definition) is 3. The SMILES string of the molecule is COC1CNC(c2ncc(-c3ccc(C)c(F)c3)[nH]2)C1. The molecule has 1 aliphatic heterocycles. The molecule has 0 saturated carbocycles. The lowest BCUT2D eigenvalue weighted by atomic mass is 10.1. The number of nitrogens with zero attached hydrogens (tertiary/aromatic N) is 1. The number of hydrogen-bond donors (Lipinski definition) is 2. The average Bonchev–Trinajstić information content (AvgIpc) is 3.09. The van der Waals surface area contributed by atoms with Gasteiger partial charge < -0.3 is 15.0 Å². The molecule has 1 aromatic heterocycles. The molecular weight excluding hydrogens is 257 g/mol. The lowest BCUT2D eigenvalue weighted by molar-refractivity contribution is 0.117. The summed E-state index contributed by atoms with van der Waals surface area (Å²) in [5, 5.41) is 3.37. The fourth-order valence-electron chi connectivity index (χ4n) is 2.51. The van der Waals surface area contributed by atoms with Crippen molar-refractivity contribution in [3.05, 3.63) is 41.6 Å². The molecule has 0 radical (unpaired) electrons. The molecule has 106 valence electrons. The predicted octanol–water partition coefficient (Wildman–Crippen LogP) is 2.57. The number of ether oxygens (including phenoxy) is 1. The molecule has 4 nitrogen and oxygen atoms in total. The van der Waals surface area contributed by atoms with Gasteiger partial charge in [0.05, 0.1) is 24.0 Å². The summed E-state index contributed by atoms with van der Waals surface area (Å²) < 4.78 is 18.9. The second-order valence-electron chi connectivity index (χ2n) is 5.20. The number of benzene rings is 1. The van der Waals surface area contributed by atoms with Gasteiger partial charge in [-0.1, -0.05) is 12.1 Å². The highest BCUT2D eigenvalue weighted by molar-refractivity contribution is 5.59. The van der Waals surface area contributed by atoms with Gasteiger partial charge in [-0.15, -0.1) is 0 Å². The van der Waals surface area contributed by atoms with Crippen LogP contribution in [0.25, 0.3) is 11.3 Å². The van der Waals surface area contributed by atoms with Crippen LogP contribution in [-0.4, -0.2) is 29.7 Å². The second kappa shape index (κ2) is 5.34. The van der Waals surface area contributed by atoms with E-state index in [1.54, 1.807) is 26.3 Å². The van der Waals surface area contributed by atoms with Crippen molar-refractivity contribution in [3.63, 3.8) is 0 Å². The summed E-state index contributed by atoms with van der Waals surface area (Å²) in [5.41, 5.74) is 2.29. The normalized spacial score (nSPS) is 22.4. The summed E-state index contributed by atoms with van der Waals surface area (Å²) in [6.07, 6.45) is 2.87. The first-order chi connectivity index (χ1) is 9.67. The Morgan fingerprint density at radius 2 is 2.25 bits per heavy atom. The van der Waals surface area contributed by atoms with E-state index in [1.807, 2.05) is 6.07 Å². The Bertz CT molecular complexity index is 611. The highest BCUT2D eigenvalue weighted by Crippen LogP contribution is 2.26. The van der Waals surface area contributed by atoms with E-state index in [1.165, 1.54) is 6.07 Å². The van der Waals surface area contributed by atoms with Crippen LogP contribution in [0.15, 0.2) is 24.4 Å². The van der Waals surface area contributed by atoms with Crippen molar-refractivity contribution in [2.45, 2.75) is 25.5 Å². The number of H-pyrrole nitrogens is 1. The van der Waals surface area contributed by atoms with E-state index in [0.717, 1.165) is 30.0 Å². The molecule has 20 heavy (non-hydrogen) atoms. The summed E-state index contributed by atoms with van der Waals surface area (Å²) in [6, 6.07) is 5.38. The van der Waals surface area contributed by atoms with Crippen LogP contribution in [0.4, 0.5) is 4.39 Å². The molecule has 1 fully saturated rings. The van der Waals surface area contributed by atoms with Crippen molar-refractivity contribution in [2.24, 2.45) is 0 Å². The molecule has 1 aromatic carbocycles. The monoisotopic (exact) mass is 275 g/mol. The largest absolute Gasteiger partial charge is 0.380 e. The van der Waals surface area contributed by atoms with Crippen molar-refractivity contribution in [1.82, 2.24) is 15.3 Å². The maximum absolute atomic E-state index is 13.6. The highest BCUT2D eigenvalue weighted by Gasteiger charge is 2.27. The Balaban J connectivity index is 1.81. The van der Waals surface area contributed by atoms with Crippen LogP contribution in [0.2, 0.25) is 0 Å². The lowest BCUT2D eigenvalue weighted by Gasteiger charge is -2.07. The standard InChI is InChI=1S/C15H18FN3O/c1-9-3-4-10(5-12(9)16)14-8-18-15(19-14)13-6-11(20-2)7-17-13/h3-5,8,11,13,17H,6-7H2,1-2H3,(H,18,19). The molecule has 0 aliphatic carbocycles. The van der Waals surface area contributed by atoms with Crippen molar-refractivity contribution in [1.29, 1.82) is 0 Å². The Labute approximate surface area is 117 Å². The summed E-state index contributed by atoms with van der Waals surface area (Å²) >= 11 is 0. The number of methoxy groups -OCH3 is 1. The lowest BCUT2D eigenvalue weighted by Crippen LogP contribution is -2.16. The first kappa shape index (κ1) is 13.3. The minimum absolute atomic E-state index is 0.170. The Hall–Kier alpha value is -1.72. The van der Waals surface area contributed by atoms with E-state index >= 15 is 0 Å². The third-order valence-electron chi connectivity index (χ3n) is 3.83. The molecule has 2 heterocycles. The fraction of sp³-hybridized carbons (Fsp3) is 0.400. The first-order valence-electron chi connectivity index (χ1n) is 6.75.